The molecule has 0 aliphatic heterocycles. The highest BCUT2D eigenvalue weighted by atomic mass is 19.4. The van der Waals surface area contributed by atoms with Crippen LogP contribution in [-0.4, -0.2) is 30.1 Å². The lowest BCUT2D eigenvalue weighted by Gasteiger charge is -2.33. The maximum absolute atomic E-state index is 12.8. The van der Waals surface area contributed by atoms with Crippen molar-refractivity contribution in [3.05, 3.63) is 0 Å². The van der Waals surface area contributed by atoms with E-state index in [4.69, 9.17) is 6.42 Å². The second kappa shape index (κ2) is 6.07. The minimum absolute atomic E-state index is 0.0753. The molecule has 2 unspecified atom stereocenters. The Labute approximate surface area is 117 Å². The van der Waals surface area contributed by atoms with Crippen LogP contribution in [0.25, 0.3) is 0 Å². The number of carbonyl (C=O) groups is 1. The molecule has 5 heteroatoms. The summed E-state index contributed by atoms with van der Waals surface area (Å²) in [5.74, 6) is 0.917. The summed E-state index contributed by atoms with van der Waals surface area (Å²) in [5, 5.41) is 0. The van der Waals surface area contributed by atoms with E-state index < -0.39 is 18.0 Å². The van der Waals surface area contributed by atoms with Gasteiger partial charge in [-0.25, -0.2) is 0 Å². The predicted octanol–water partition coefficient (Wildman–Crippen LogP) is 3.23. The van der Waals surface area contributed by atoms with Crippen molar-refractivity contribution >= 4 is 5.91 Å². The van der Waals surface area contributed by atoms with Crippen molar-refractivity contribution in [1.82, 2.24) is 4.90 Å². The Morgan fingerprint density at radius 3 is 2.50 bits per heavy atom. The van der Waals surface area contributed by atoms with E-state index in [0.717, 1.165) is 12.8 Å². The molecule has 0 radical (unpaired) electrons. The van der Waals surface area contributed by atoms with E-state index in [1.54, 1.807) is 4.90 Å². The lowest BCUT2D eigenvalue weighted by atomic mass is 9.80. The maximum Gasteiger partial charge on any atom is 0.391 e. The van der Waals surface area contributed by atoms with Gasteiger partial charge in [0.2, 0.25) is 5.91 Å². The van der Waals surface area contributed by atoms with E-state index >= 15 is 0 Å². The highest BCUT2D eigenvalue weighted by Crippen LogP contribution is 2.40. The van der Waals surface area contributed by atoms with E-state index in [2.05, 4.69) is 5.92 Å². The van der Waals surface area contributed by atoms with Crippen LogP contribution < -0.4 is 0 Å². The predicted molar refractivity (Wildman–Crippen MR) is 69.6 cm³/mol. The average molecular weight is 287 g/mol. The minimum Gasteiger partial charge on any atom is -0.331 e. The number of amides is 1. The third-order valence-electron chi connectivity index (χ3n) is 4.26. The van der Waals surface area contributed by atoms with Crippen molar-refractivity contribution in [2.75, 3.05) is 13.1 Å². The summed E-state index contributed by atoms with van der Waals surface area (Å²) >= 11 is 0. The standard InChI is InChI=1S/C15H20F3NO/c1-2-8-19(10-11-6-7-11)14(20)12-4-3-5-13(9-12)15(16,17)18/h1,11-13H,3-10H2. The molecule has 0 aromatic heterocycles. The van der Waals surface area contributed by atoms with Crippen LogP contribution in [0.5, 0.6) is 0 Å². The number of alkyl halides is 3. The number of halogens is 3. The van der Waals surface area contributed by atoms with Gasteiger partial charge in [0.05, 0.1) is 12.5 Å². The first-order valence-electron chi connectivity index (χ1n) is 7.20. The lowest BCUT2D eigenvalue weighted by molar-refractivity contribution is -0.187. The molecule has 0 aromatic carbocycles. The van der Waals surface area contributed by atoms with Crippen LogP contribution in [0.15, 0.2) is 0 Å². The second-order valence-electron chi connectivity index (χ2n) is 5.97. The molecule has 2 aliphatic rings. The van der Waals surface area contributed by atoms with Gasteiger partial charge in [0.1, 0.15) is 0 Å². The van der Waals surface area contributed by atoms with Gasteiger partial charge in [-0.05, 0) is 38.0 Å². The molecule has 0 heterocycles. The van der Waals surface area contributed by atoms with Crippen LogP contribution >= 0.6 is 0 Å². The van der Waals surface area contributed by atoms with Gasteiger partial charge >= 0.3 is 6.18 Å². The molecule has 112 valence electrons. The summed E-state index contributed by atoms with van der Waals surface area (Å²) in [4.78, 5) is 14.0. The average Bonchev–Trinajstić information content (AvgIpc) is 3.20. The fourth-order valence-corrected chi connectivity index (χ4v) is 2.92. The number of carbonyl (C=O) groups excluding carboxylic acids is 1. The third-order valence-corrected chi connectivity index (χ3v) is 4.26. The van der Waals surface area contributed by atoms with Gasteiger partial charge in [-0.15, -0.1) is 6.42 Å². The van der Waals surface area contributed by atoms with Gasteiger partial charge in [-0.3, -0.25) is 4.79 Å². The van der Waals surface area contributed by atoms with Gasteiger partial charge in [0.15, 0.2) is 0 Å². The number of rotatable bonds is 4. The summed E-state index contributed by atoms with van der Waals surface area (Å²) in [6, 6.07) is 0. The van der Waals surface area contributed by atoms with Gasteiger partial charge in [-0.2, -0.15) is 13.2 Å². The van der Waals surface area contributed by atoms with Crippen molar-refractivity contribution in [2.24, 2.45) is 17.8 Å². The minimum atomic E-state index is -4.19. The molecule has 20 heavy (non-hydrogen) atoms. The zero-order chi connectivity index (χ0) is 14.8. The molecular weight excluding hydrogens is 267 g/mol. The molecule has 0 aromatic rings. The van der Waals surface area contributed by atoms with E-state index in [-0.39, 0.29) is 25.3 Å². The number of hydrogen-bond donors (Lipinski definition) is 0. The first-order chi connectivity index (χ1) is 9.41. The quantitative estimate of drug-likeness (QED) is 0.727. The summed E-state index contributed by atoms with van der Waals surface area (Å²) < 4.78 is 38.4. The van der Waals surface area contributed by atoms with Gasteiger partial charge in [0, 0.05) is 12.5 Å². The van der Waals surface area contributed by atoms with Crippen LogP contribution in [0.1, 0.15) is 38.5 Å². The third kappa shape index (κ3) is 3.91. The smallest absolute Gasteiger partial charge is 0.331 e. The molecule has 2 fully saturated rings. The number of nitrogens with zero attached hydrogens (tertiary/aromatic N) is 1. The van der Waals surface area contributed by atoms with E-state index in [1.807, 2.05) is 0 Å². The normalized spacial score (nSPS) is 26.9. The molecule has 2 nitrogen and oxygen atoms in total. The van der Waals surface area contributed by atoms with Gasteiger partial charge in [-0.1, -0.05) is 12.3 Å². The zero-order valence-electron chi connectivity index (χ0n) is 11.5. The highest BCUT2D eigenvalue weighted by Gasteiger charge is 2.44. The first kappa shape index (κ1) is 15.2. The van der Waals surface area contributed by atoms with E-state index in [9.17, 15) is 18.0 Å². The van der Waals surface area contributed by atoms with Crippen molar-refractivity contribution in [3.63, 3.8) is 0 Å². The maximum atomic E-state index is 12.8. The fraction of sp³-hybridized carbons (Fsp3) is 0.800. The highest BCUT2D eigenvalue weighted by molar-refractivity contribution is 5.79. The monoisotopic (exact) mass is 287 g/mol. The first-order valence-corrected chi connectivity index (χ1v) is 7.20. The summed E-state index contributed by atoms with van der Waals surface area (Å²) in [6.07, 6.45) is 4.34. The van der Waals surface area contributed by atoms with Gasteiger partial charge < -0.3 is 4.90 Å². The van der Waals surface area contributed by atoms with Crippen LogP contribution in [0, 0.1) is 30.1 Å². The molecule has 2 aliphatic carbocycles. The molecule has 2 rings (SSSR count). The van der Waals surface area contributed by atoms with Crippen LogP contribution in [0.3, 0.4) is 0 Å². The summed E-state index contributed by atoms with van der Waals surface area (Å²) in [7, 11) is 0. The van der Waals surface area contributed by atoms with Crippen LogP contribution in [-0.2, 0) is 4.79 Å². The Hall–Kier alpha value is -1.18. The molecule has 0 N–H and O–H groups in total. The Kier molecular flexibility index (Phi) is 4.62. The molecule has 2 saturated carbocycles. The Morgan fingerprint density at radius 1 is 1.25 bits per heavy atom. The summed E-state index contributed by atoms with van der Waals surface area (Å²) in [5.41, 5.74) is 0. The topological polar surface area (TPSA) is 20.3 Å². The Morgan fingerprint density at radius 2 is 1.95 bits per heavy atom. The van der Waals surface area contributed by atoms with E-state index in [1.165, 1.54) is 0 Å². The van der Waals surface area contributed by atoms with Crippen LogP contribution in [0.4, 0.5) is 13.2 Å². The molecule has 2 atom stereocenters. The largest absolute Gasteiger partial charge is 0.391 e. The van der Waals surface area contributed by atoms with Crippen LogP contribution in [0.2, 0.25) is 0 Å². The second-order valence-corrected chi connectivity index (χ2v) is 5.97. The van der Waals surface area contributed by atoms with Gasteiger partial charge in [0.25, 0.3) is 0 Å². The SMILES string of the molecule is C#CCN(CC1CC1)C(=O)C1CCCC(C(F)(F)F)C1. The molecule has 0 bridgehead atoms. The zero-order valence-corrected chi connectivity index (χ0v) is 11.5. The van der Waals surface area contributed by atoms with Crippen molar-refractivity contribution in [2.45, 2.75) is 44.7 Å². The number of hydrogen-bond acceptors (Lipinski definition) is 1. The lowest BCUT2D eigenvalue weighted by Crippen LogP contribution is -2.41. The van der Waals surface area contributed by atoms with Crippen molar-refractivity contribution in [3.8, 4) is 12.3 Å². The molecule has 0 saturated heterocycles. The molecule has 1 amide bonds. The van der Waals surface area contributed by atoms with Crippen molar-refractivity contribution in [1.29, 1.82) is 0 Å². The van der Waals surface area contributed by atoms with E-state index in [0.29, 0.717) is 25.3 Å². The van der Waals surface area contributed by atoms with Crippen molar-refractivity contribution < 1.29 is 18.0 Å². The fourth-order valence-electron chi connectivity index (χ4n) is 2.92. The summed E-state index contributed by atoms with van der Waals surface area (Å²) in [6.45, 7) is 0.818. The Balaban J connectivity index is 1.97. The number of terminal acetylenes is 1. The Bertz CT molecular complexity index is 395. The molecule has 0 spiro atoms. The molecular formula is C15H20F3NO.